The average Bonchev–Trinajstić information content (AvgIpc) is 3.41. The highest BCUT2D eigenvalue weighted by molar-refractivity contribution is 6.07. The Balaban J connectivity index is 1.85. The number of para-hydroxylation sites is 1. The van der Waals surface area contributed by atoms with Gasteiger partial charge >= 0.3 is 11.9 Å². The zero-order chi connectivity index (χ0) is 24.4. The first kappa shape index (κ1) is 22.0. The van der Waals surface area contributed by atoms with Crippen molar-refractivity contribution >= 4 is 17.3 Å². The summed E-state index contributed by atoms with van der Waals surface area (Å²) < 4.78 is 62.2. The number of hydrogen-bond acceptors (Lipinski definition) is 6. The molecule has 2 N–H and O–H groups in total. The van der Waals surface area contributed by atoms with E-state index in [1.807, 2.05) is 0 Å². The van der Waals surface area contributed by atoms with Crippen molar-refractivity contribution in [1.29, 1.82) is 0 Å². The van der Waals surface area contributed by atoms with Crippen LogP contribution in [0, 0.1) is 22.9 Å². The first-order valence-corrected chi connectivity index (χ1v) is 10.2. The number of hydrogen-bond donors (Lipinski definition) is 2. The van der Waals surface area contributed by atoms with E-state index in [1.165, 1.54) is 31.2 Å². The number of alkyl halides is 3. The summed E-state index contributed by atoms with van der Waals surface area (Å²) in [6.07, 6.45) is -4.87. The lowest BCUT2D eigenvalue weighted by Crippen LogP contribution is -2.52. The van der Waals surface area contributed by atoms with E-state index < -0.39 is 57.7 Å². The number of aryl methyl sites for hydroxylation is 1. The summed E-state index contributed by atoms with van der Waals surface area (Å²) in [5, 5.41) is 20.5. The van der Waals surface area contributed by atoms with Gasteiger partial charge in [-0.2, -0.15) is 13.2 Å². The summed E-state index contributed by atoms with van der Waals surface area (Å²) in [7, 11) is 0. The molecule has 0 radical (unpaired) electrons. The number of aromatic nitrogens is 1. The summed E-state index contributed by atoms with van der Waals surface area (Å²) in [4.78, 5) is 24.5. The Labute approximate surface area is 189 Å². The van der Waals surface area contributed by atoms with Gasteiger partial charge in [-0.05, 0) is 30.7 Å². The van der Waals surface area contributed by atoms with Crippen LogP contribution in [0.4, 0.5) is 28.9 Å². The van der Waals surface area contributed by atoms with Crippen LogP contribution in [0.25, 0.3) is 0 Å². The number of amides is 1. The number of benzene rings is 2. The second-order valence-electron chi connectivity index (χ2n) is 8.26. The number of nitro groups is 1. The number of carbonyl (C=O) groups excluding carboxylic acids is 1. The number of carbonyl (C=O) groups is 1. The van der Waals surface area contributed by atoms with E-state index in [-0.39, 0.29) is 22.5 Å². The molecule has 2 aromatic carbocycles. The SMILES string of the molecule is Cc1noc([C@@H]2[C@@H](c3ccc(F)cc3)[C@H](C(F)(F)F)N[C@@]23C(=O)Nc2ccccc23)c1[N+](=O)[O-]. The molecule has 0 unspecified atom stereocenters. The minimum Gasteiger partial charge on any atom is -0.353 e. The molecule has 1 fully saturated rings. The van der Waals surface area contributed by atoms with Gasteiger partial charge in [-0.1, -0.05) is 35.5 Å². The molecule has 0 bridgehead atoms. The van der Waals surface area contributed by atoms with E-state index in [2.05, 4.69) is 15.8 Å². The number of nitrogens with one attached hydrogen (secondary N) is 2. The van der Waals surface area contributed by atoms with Crippen LogP contribution in [0.1, 0.15) is 34.4 Å². The third-order valence-corrected chi connectivity index (χ3v) is 6.46. The molecule has 2 aliphatic heterocycles. The predicted octanol–water partition coefficient (Wildman–Crippen LogP) is 4.28. The second-order valence-corrected chi connectivity index (χ2v) is 8.26. The Kier molecular flexibility index (Phi) is 4.76. The lowest BCUT2D eigenvalue weighted by Gasteiger charge is -2.29. The molecule has 0 saturated carbocycles. The molecule has 1 aromatic heterocycles. The van der Waals surface area contributed by atoms with Gasteiger partial charge in [0.2, 0.25) is 11.7 Å². The van der Waals surface area contributed by atoms with Gasteiger partial charge in [0, 0.05) is 17.2 Å². The second kappa shape index (κ2) is 7.35. The Morgan fingerprint density at radius 1 is 1.15 bits per heavy atom. The quantitative estimate of drug-likeness (QED) is 0.332. The van der Waals surface area contributed by atoms with Crippen molar-refractivity contribution in [2.24, 2.45) is 0 Å². The minimum atomic E-state index is -4.87. The normalized spacial score (nSPS) is 26.0. The van der Waals surface area contributed by atoms with Crippen molar-refractivity contribution < 1.29 is 31.8 Å². The molecule has 3 heterocycles. The Morgan fingerprint density at radius 3 is 2.47 bits per heavy atom. The molecule has 0 aliphatic carbocycles. The van der Waals surface area contributed by atoms with Gasteiger partial charge < -0.3 is 9.84 Å². The third-order valence-electron chi connectivity index (χ3n) is 6.46. The standard InChI is InChI=1S/C22H16F4N4O4/c1-10-17(30(32)33)18(34-29-10)16-15(11-6-8-12(23)9-7-11)19(22(24,25)26)28-21(16)13-4-2-3-5-14(13)27-20(21)31/h2-9,15-16,19,28H,1H3,(H,27,31)/t15-,16+,19-,21-/m1/s1. The molecule has 4 atom stereocenters. The highest BCUT2D eigenvalue weighted by Crippen LogP contribution is 2.60. The van der Waals surface area contributed by atoms with Crippen LogP contribution in [0.5, 0.6) is 0 Å². The maximum Gasteiger partial charge on any atom is 0.404 e. The topological polar surface area (TPSA) is 110 Å². The Bertz CT molecular complexity index is 1310. The molecular formula is C22H16F4N4O4. The van der Waals surface area contributed by atoms with Crippen molar-refractivity contribution in [2.75, 3.05) is 5.32 Å². The van der Waals surface area contributed by atoms with Gasteiger partial charge in [0.15, 0.2) is 5.69 Å². The van der Waals surface area contributed by atoms with E-state index in [9.17, 15) is 32.5 Å². The molecule has 1 saturated heterocycles. The van der Waals surface area contributed by atoms with Crippen LogP contribution in [0.3, 0.4) is 0 Å². The van der Waals surface area contributed by atoms with Crippen LogP contribution in [-0.4, -0.2) is 28.2 Å². The summed E-state index contributed by atoms with van der Waals surface area (Å²) in [5.74, 6) is -5.07. The van der Waals surface area contributed by atoms with Crippen molar-refractivity contribution in [3.05, 3.63) is 87.0 Å². The summed E-state index contributed by atoms with van der Waals surface area (Å²) >= 11 is 0. The smallest absolute Gasteiger partial charge is 0.353 e. The average molecular weight is 476 g/mol. The van der Waals surface area contributed by atoms with Crippen LogP contribution >= 0.6 is 0 Å². The molecule has 1 amide bonds. The van der Waals surface area contributed by atoms with Gasteiger partial charge in [0.25, 0.3) is 0 Å². The highest BCUT2D eigenvalue weighted by atomic mass is 19.4. The molecular weight excluding hydrogens is 460 g/mol. The van der Waals surface area contributed by atoms with Crippen molar-refractivity contribution in [3.8, 4) is 0 Å². The van der Waals surface area contributed by atoms with Gasteiger partial charge in [-0.3, -0.25) is 20.2 Å². The summed E-state index contributed by atoms with van der Waals surface area (Å²) in [5.41, 5.74) is -2.34. The zero-order valence-corrected chi connectivity index (χ0v) is 17.4. The molecule has 5 rings (SSSR count). The van der Waals surface area contributed by atoms with Crippen LogP contribution < -0.4 is 10.6 Å². The number of nitrogens with zero attached hydrogens (tertiary/aromatic N) is 2. The zero-order valence-electron chi connectivity index (χ0n) is 17.4. The first-order chi connectivity index (χ1) is 16.1. The maximum atomic E-state index is 14.4. The maximum absolute atomic E-state index is 14.4. The van der Waals surface area contributed by atoms with E-state index in [0.717, 1.165) is 12.1 Å². The fourth-order valence-electron chi connectivity index (χ4n) is 5.14. The van der Waals surface area contributed by atoms with Crippen molar-refractivity contribution in [1.82, 2.24) is 10.5 Å². The number of rotatable bonds is 3. The van der Waals surface area contributed by atoms with E-state index in [1.54, 1.807) is 12.1 Å². The van der Waals surface area contributed by atoms with Crippen LogP contribution in [-0.2, 0) is 10.3 Å². The summed E-state index contributed by atoms with van der Waals surface area (Å²) in [6, 6.07) is 8.15. The van der Waals surface area contributed by atoms with Gasteiger partial charge in [-0.15, -0.1) is 0 Å². The van der Waals surface area contributed by atoms with Gasteiger partial charge in [0.1, 0.15) is 17.4 Å². The van der Waals surface area contributed by atoms with Crippen LogP contribution in [0.2, 0.25) is 0 Å². The fraction of sp³-hybridized carbons (Fsp3) is 0.273. The van der Waals surface area contributed by atoms with Crippen molar-refractivity contribution in [3.63, 3.8) is 0 Å². The Hall–Kier alpha value is -3.80. The monoisotopic (exact) mass is 476 g/mol. The minimum absolute atomic E-state index is 0.0265. The van der Waals surface area contributed by atoms with Crippen molar-refractivity contribution in [2.45, 2.75) is 36.5 Å². The lowest BCUT2D eigenvalue weighted by atomic mass is 9.71. The van der Waals surface area contributed by atoms with Gasteiger partial charge in [-0.25, -0.2) is 4.39 Å². The predicted molar refractivity (Wildman–Crippen MR) is 110 cm³/mol. The molecule has 8 nitrogen and oxygen atoms in total. The number of anilines is 1. The van der Waals surface area contributed by atoms with Crippen LogP contribution in [0.15, 0.2) is 53.1 Å². The fourth-order valence-corrected chi connectivity index (χ4v) is 5.14. The first-order valence-electron chi connectivity index (χ1n) is 10.2. The largest absolute Gasteiger partial charge is 0.404 e. The molecule has 176 valence electrons. The Morgan fingerprint density at radius 2 is 1.82 bits per heavy atom. The van der Waals surface area contributed by atoms with E-state index in [4.69, 9.17) is 4.52 Å². The number of halogens is 4. The molecule has 2 aliphatic rings. The van der Waals surface area contributed by atoms with E-state index in [0.29, 0.717) is 0 Å². The van der Waals surface area contributed by atoms with Gasteiger partial charge in [0.05, 0.1) is 10.8 Å². The highest BCUT2D eigenvalue weighted by Gasteiger charge is 2.69. The summed E-state index contributed by atoms with van der Waals surface area (Å²) in [6.45, 7) is 1.29. The van der Waals surface area contributed by atoms with E-state index >= 15 is 0 Å². The molecule has 3 aromatic rings. The number of fused-ring (bicyclic) bond motifs is 2. The third kappa shape index (κ3) is 3.01. The molecule has 34 heavy (non-hydrogen) atoms. The molecule has 1 spiro atoms. The lowest BCUT2D eigenvalue weighted by molar-refractivity contribution is -0.386. The molecule has 12 heteroatoms.